The van der Waals surface area contributed by atoms with Gasteiger partial charge in [-0.3, -0.25) is 9.59 Å². The van der Waals surface area contributed by atoms with Crippen molar-refractivity contribution in [3.63, 3.8) is 0 Å². The van der Waals surface area contributed by atoms with Crippen LogP contribution in [0.1, 0.15) is 62.3 Å². The van der Waals surface area contributed by atoms with Crippen LogP contribution in [0.2, 0.25) is 0 Å². The number of hydrogen-bond donors (Lipinski definition) is 1. The van der Waals surface area contributed by atoms with Gasteiger partial charge in [0.15, 0.2) is 0 Å². The van der Waals surface area contributed by atoms with Gasteiger partial charge in [0.05, 0.1) is 5.92 Å². The summed E-state index contributed by atoms with van der Waals surface area (Å²) >= 11 is 0. The van der Waals surface area contributed by atoms with Crippen LogP contribution in [-0.4, -0.2) is 18.4 Å². The minimum Gasteiger partial charge on any atom is -0.457 e. The van der Waals surface area contributed by atoms with Gasteiger partial charge in [0.25, 0.3) is 0 Å². The Balaban J connectivity index is 1.44. The van der Waals surface area contributed by atoms with Crippen molar-refractivity contribution >= 4 is 23.2 Å². The molecule has 0 saturated carbocycles. The molecule has 3 aromatic rings. The van der Waals surface area contributed by atoms with Gasteiger partial charge in [-0.2, -0.15) is 0 Å². The number of ether oxygens (including phenoxy) is 1. The van der Waals surface area contributed by atoms with Crippen molar-refractivity contribution in [3.8, 4) is 11.5 Å². The molecule has 0 bridgehead atoms. The number of nitrogens with one attached hydrogen (secondary N) is 1. The Morgan fingerprint density at radius 2 is 1.69 bits per heavy atom. The molecule has 1 N–H and O–H groups in total. The Hall–Kier alpha value is -3.60. The number of benzene rings is 3. The fourth-order valence-corrected chi connectivity index (χ4v) is 4.85. The molecule has 0 aromatic heterocycles. The maximum absolute atomic E-state index is 13.1. The van der Waals surface area contributed by atoms with Gasteiger partial charge in [0.1, 0.15) is 11.5 Å². The molecule has 5 heteroatoms. The van der Waals surface area contributed by atoms with Crippen molar-refractivity contribution in [2.75, 3.05) is 16.8 Å². The molecule has 5 nitrogen and oxygen atoms in total. The summed E-state index contributed by atoms with van der Waals surface area (Å²) in [5.74, 6) is 1.41. The zero-order chi connectivity index (χ0) is 25.8. The molecular weight excluding hydrogens is 448 g/mol. The first-order chi connectivity index (χ1) is 17.3. The predicted octanol–water partition coefficient (Wildman–Crippen LogP) is 7.03. The van der Waals surface area contributed by atoms with Gasteiger partial charge in [0.2, 0.25) is 11.8 Å². The van der Waals surface area contributed by atoms with E-state index >= 15 is 0 Å². The number of aryl methyl sites for hydroxylation is 3. The van der Waals surface area contributed by atoms with Gasteiger partial charge in [-0.15, -0.1) is 0 Å². The molecule has 0 spiro atoms. The number of para-hydroxylation sites is 1. The first-order valence-electron chi connectivity index (χ1n) is 12.9. The Bertz CT molecular complexity index is 1220. The standard InChI is InChI=1S/C31H36N2O3/c1-6-22-9-8-10-23(7-2)30(22)33-19-24(18-29(33)34)31(35)32-25-12-14-26(15-13-25)36-28-17-21(5)11-16-27(28)20(3)4/h8-17,20,24H,6-7,18-19H2,1-5H3,(H,32,35)/t24-/m0/s1. The summed E-state index contributed by atoms with van der Waals surface area (Å²) in [5.41, 5.74) is 6.27. The lowest BCUT2D eigenvalue weighted by molar-refractivity contribution is -0.122. The van der Waals surface area contributed by atoms with E-state index in [-0.39, 0.29) is 24.2 Å². The summed E-state index contributed by atoms with van der Waals surface area (Å²) < 4.78 is 6.17. The van der Waals surface area contributed by atoms with Crippen LogP contribution in [0.25, 0.3) is 0 Å². The quantitative estimate of drug-likeness (QED) is 0.373. The number of rotatable bonds is 8. The van der Waals surface area contributed by atoms with Crippen LogP contribution in [0, 0.1) is 12.8 Å². The number of anilines is 2. The van der Waals surface area contributed by atoms with Crippen molar-refractivity contribution in [2.24, 2.45) is 5.92 Å². The third-order valence-corrected chi connectivity index (χ3v) is 6.87. The SMILES string of the molecule is CCc1cccc(CC)c1N1C[C@@H](C(=O)Nc2ccc(Oc3cc(C)ccc3C(C)C)cc2)CC1=O. The lowest BCUT2D eigenvalue weighted by Crippen LogP contribution is -2.29. The van der Waals surface area contributed by atoms with Crippen LogP contribution >= 0.6 is 0 Å². The minimum atomic E-state index is -0.385. The van der Waals surface area contributed by atoms with Gasteiger partial charge in [-0.25, -0.2) is 0 Å². The molecule has 36 heavy (non-hydrogen) atoms. The molecule has 1 aliphatic rings. The summed E-state index contributed by atoms with van der Waals surface area (Å²) in [4.78, 5) is 27.8. The largest absolute Gasteiger partial charge is 0.457 e. The fourth-order valence-electron chi connectivity index (χ4n) is 4.85. The fraction of sp³-hybridized carbons (Fsp3) is 0.355. The average molecular weight is 485 g/mol. The molecular formula is C31H36N2O3. The highest BCUT2D eigenvalue weighted by molar-refractivity contribution is 6.04. The van der Waals surface area contributed by atoms with Crippen LogP contribution in [-0.2, 0) is 22.4 Å². The van der Waals surface area contributed by atoms with Gasteiger partial charge >= 0.3 is 0 Å². The number of carbonyl (C=O) groups is 2. The lowest BCUT2D eigenvalue weighted by atomic mass is 10.0. The molecule has 0 unspecified atom stereocenters. The van der Waals surface area contributed by atoms with E-state index in [9.17, 15) is 9.59 Å². The normalized spacial score (nSPS) is 15.4. The zero-order valence-electron chi connectivity index (χ0n) is 21.9. The number of hydrogen-bond acceptors (Lipinski definition) is 3. The van der Waals surface area contributed by atoms with E-state index in [1.54, 1.807) is 0 Å². The van der Waals surface area contributed by atoms with E-state index in [1.807, 2.05) is 42.2 Å². The van der Waals surface area contributed by atoms with Crippen molar-refractivity contribution in [1.29, 1.82) is 0 Å². The van der Waals surface area contributed by atoms with E-state index < -0.39 is 0 Å². The van der Waals surface area contributed by atoms with Gasteiger partial charge in [-0.1, -0.05) is 58.0 Å². The Morgan fingerprint density at radius 3 is 2.31 bits per heavy atom. The molecule has 1 aliphatic heterocycles. The Labute approximate surface area is 214 Å². The topological polar surface area (TPSA) is 58.6 Å². The third-order valence-electron chi connectivity index (χ3n) is 6.87. The number of carbonyl (C=O) groups excluding carboxylic acids is 2. The number of amides is 2. The second kappa shape index (κ2) is 11.0. The van der Waals surface area contributed by atoms with Crippen LogP contribution in [0.5, 0.6) is 11.5 Å². The highest BCUT2D eigenvalue weighted by Gasteiger charge is 2.36. The Kier molecular flexibility index (Phi) is 7.78. The van der Waals surface area contributed by atoms with Crippen LogP contribution in [0.4, 0.5) is 11.4 Å². The van der Waals surface area contributed by atoms with Gasteiger partial charge < -0.3 is 15.0 Å². The van der Waals surface area contributed by atoms with Gasteiger partial charge in [-0.05, 0) is 78.3 Å². The molecule has 188 valence electrons. The molecule has 1 saturated heterocycles. The highest BCUT2D eigenvalue weighted by Crippen LogP contribution is 2.34. The number of nitrogens with zero attached hydrogens (tertiary/aromatic N) is 1. The van der Waals surface area contributed by atoms with Crippen LogP contribution in [0.3, 0.4) is 0 Å². The summed E-state index contributed by atoms with van der Waals surface area (Å²) in [7, 11) is 0. The summed E-state index contributed by atoms with van der Waals surface area (Å²) in [6.07, 6.45) is 1.92. The third kappa shape index (κ3) is 5.46. The van der Waals surface area contributed by atoms with Crippen LogP contribution < -0.4 is 15.0 Å². The van der Waals surface area contributed by atoms with Crippen LogP contribution in [0.15, 0.2) is 60.7 Å². The molecule has 1 fully saturated rings. The maximum Gasteiger partial charge on any atom is 0.229 e. The van der Waals surface area contributed by atoms with E-state index in [1.165, 1.54) is 0 Å². The van der Waals surface area contributed by atoms with E-state index in [4.69, 9.17) is 4.74 Å². The molecule has 1 heterocycles. The van der Waals surface area contributed by atoms with E-state index in [0.717, 1.165) is 46.5 Å². The lowest BCUT2D eigenvalue weighted by Gasteiger charge is -2.23. The second-order valence-corrected chi connectivity index (χ2v) is 9.85. The first kappa shape index (κ1) is 25.5. The minimum absolute atomic E-state index is 0.00797. The molecule has 0 aliphatic carbocycles. The van der Waals surface area contributed by atoms with Gasteiger partial charge in [0, 0.05) is 24.3 Å². The molecule has 3 aromatic carbocycles. The molecule has 4 rings (SSSR count). The van der Waals surface area contributed by atoms with Crippen molar-refractivity contribution in [3.05, 3.63) is 82.9 Å². The van der Waals surface area contributed by atoms with Crippen molar-refractivity contribution in [2.45, 2.75) is 59.8 Å². The zero-order valence-corrected chi connectivity index (χ0v) is 21.9. The highest BCUT2D eigenvalue weighted by atomic mass is 16.5. The first-order valence-corrected chi connectivity index (χ1v) is 12.9. The average Bonchev–Trinajstić information content (AvgIpc) is 3.25. The monoisotopic (exact) mass is 484 g/mol. The van der Waals surface area contributed by atoms with E-state index in [2.05, 4.69) is 63.3 Å². The molecule has 2 amide bonds. The summed E-state index contributed by atoms with van der Waals surface area (Å²) in [6.45, 7) is 10.9. The molecule has 1 atom stereocenters. The smallest absolute Gasteiger partial charge is 0.229 e. The summed E-state index contributed by atoms with van der Waals surface area (Å²) in [5, 5.41) is 2.99. The molecule has 0 radical (unpaired) electrons. The van der Waals surface area contributed by atoms with Crippen molar-refractivity contribution in [1.82, 2.24) is 0 Å². The van der Waals surface area contributed by atoms with Crippen molar-refractivity contribution < 1.29 is 14.3 Å². The Morgan fingerprint density at radius 1 is 1.03 bits per heavy atom. The summed E-state index contributed by atoms with van der Waals surface area (Å²) in [6, 6.07) is 19.8. The predicted molar refractivity (Wildman–Crippen MR) is 146 cm³/mol. The van der Waals surface area contributed by atoms with E-state index in [0.29, 0.717) is 23.9 Å². The maximum atomic E-state index is 13.1. The second-order valence-electron chi connectivity index (χ2n) is 9.85.